The molecule has 0 fully saturated rings. The molecule has 0 spiro atoms. The van der Waals surface area contributed by atoms with Gasteiger partial charge in [-0.1, -0.05) is 6.07 Å². The molecule has 104 valence electrons. The van der Waals surface area contributed by atoms with Crippen LogP contribution < -0.4 is 0 Å². The number of amides is 1. The first kappa shape index (κ1) is 15.4. The van der Waals surface area contributed by atoms with Crippen molar-refractivity contribution in [2.45, 2.75) is 32.8 Å². The van der Waals surface area contributed by atoms with Crippen molar-refractivity contribution in [2.24, 2.45) is 4.99 Å². The van der Waals surface area contributed by atoms with E-state index in [1.807, 2.05) is 17.5 Å². The first-order chi connectivity index (χ1) is 8.81. The van der Waals surface area contributed by atoms with Crippen LogP contribution in [0.1, 0.15) is 25.6 Å². The lowest BCUT2D eigenvalue weighted by Gasteiger charge is -2.17. The number of hydrogen-bond acceptors (Lipinski definition) is 5. The standard InChI is InChI=1S/C13H17NO4S/c1-13(2,3)18-12(16)14-10(11(15)17-4)8-9-6-5-7-19-9/h5-7H,8H2,1-4H3. The number of hydrogen-bond donors (Lipinski definition) is 0. The van der Waals surface area contributed by atoms with E-state index in [4.69, 9.17) is 4.74 Å². The normalized spacial score (nSPS) is 12.1. The van der Waals surface area contributed by atoms with Crippen molar-refractivity contribution < 1.29 is 19.1 Å². The van der Waals surface area contributed by atoms with Crippen LogP contribution in [-0.2, 0) is 20.7 Å². The maximum atomic E-state index is 11.6. The van der Waals surface area contributed by atoms with Gasteiger partial charge >= 0.3 is 12.1 Å². The second-order valence-electron chi connectivity index (χ2n) is 4.79. The molecule has 0 atom stereocenters. The van der Waals surface area contributed by atoms with E-state index in [1.54, 1.807) is 20.8 Å². The summed E-state index contributed by atoms with van der Waals surface area (Å²) in [7, 11) is 1.25. The van der Waals surface area contributed by atoms with Crippen molar-refractivity contribution in [2.75, 3.05) is 7.11 Å². The molecule has 0 radical (unpaired) electrons. The van der Waals surface area contributed by atoms with Crippen LogP contribution in [0.25, 0.3) is 0 Å². The molecule has 1 aromatic heterocycles. The van der Waals surface area contributed by atoms with Gasteiger partial charge in [0, 0.05) is 11.3 Å². The molecule has 0 aliphatic carbocycles. The van der Waals surface area contributed by atoms with Crippen molar-refractivity contribution in [3.8, 4) is 0 Å². The maximum absolute atomic E-state index is 11.6. The van der Waals surface area contributed by atoms with Crippen molar-refractivity contribution in [3.05, 3.63) is 22.4 Å². The van der Waals surface area contributed by atoms with Gasteiger partial charge in [0.05, 0.1) is 7.11 Å². The molecule has 0 saturated heterocycles. The summed E-state index contributed by atoms with van der Waals surface area (Å²) >= 11 is 1.48. The first-order valence-corrected chi connectivity index (χ1v) is 6.61. The van der Waals surface area contributed by atoms with E-state index in [-0.39, 0.29) is 12.1 Å². The molecule has 1 heterocycles. The fourth-order valence-electron chi connectivity index (χ4n) is 1.25. The third-order valence-corrected chi connectivity index (χ3v) is 2.84. The molecule has 0 saturated carbocycles. The van der Waals surface area contributed by atoms with Crippen molar-refractivity contribution in [1.82, 2.24) is 0 Å². The number of carbonyl (C=O) groups is 2. The topological polar surface area (TPSA) is 65.0 Å². The summed E-state index contributed by atoms with van der Waals surface area (Å²) in [5.74, 6) is -0.626. The van der Waals surface area contributed by atoms with Crippen LogP contribution in [0.5, 0.6) is 0 Å². The van der Waals surface area contributed by atoms with E-state index >= 15 is 0 Å². The van der Waals surface area contributed by atoms with E-state index in [0.29, 0.717) is 0 Å². The molecule has 0 N–H and O–H groups in total. The van der Waals surface area contributed by atoms with E-state index < -0.39 is 17.7 Å². The highest BCUT2D eigenvalue weighted by Gasteiger charge is 2.20. The molecule has 1 amide bonds. The molecular formula is C13H17NO4S. The molecule has 0 aliphatic heterocycles. The molecule has 6 heteroatoms. The third-order valence-electron chi connectivity index (χ3n) is 1.96. The second-order valence-corrected chi connectivity index (χ2v) is 5.82. The summed E-state index contributed by atoms with van der Waals surface area (Å²) < 4.78 is 9.67. The monoisotopic (exact) mass is 283 g/mol. The van der Waals surface area contributed by atoms with Crippen molar-refractivity contribution in [1.29, 1.82) is 0 Å². The van der Waals surface area contributed by atoms with Gasteiger partial charge in [0.1, 0.15) is 11.3 Å². The smallest absolute Gasteiger partial charge is 0.434 e. The summed E-state index contributed by atoms with van der Waals surface area (Å²) in [4.78, 5) is 27.8. The third kappa shape index (κ3) is 5.65. The summed E-state index contributed by atoms with van der Waals surface area (Å²) in [6.07, 6.45) is -0.534. The van der Waals surface area contributed by atoms with Crippen LogP contribution in [0.4, 0.5) is 4.79 Å². The Bertz CT molecular complexity index is 471. The molecule has 0 bridgehead atoms. The number of methoxy groups -OCH3 is 1. The molecule has 1 rings (SSSR count). The first-order valence-electron chi connectivity index (χ1n) is 5.73. The largest absolute Gasteiger partial charge is 0.465 e. The minimum Gasteiger partial charge on any atom is -0.465 e. The maximum Gasteiger partial charge on any atom is 0.434 e. The highest BCUT2D eigenvalue weighted by Crippen LogP contribution is 2.12. The lowest BCUT2D eigenvalue weighted by atomic mass is 10.2. The number of esters is 1. The zero-order valence-corrected chi connectivity index (χ0v) is 12.2. The molecule has 5 nitrogen and oxygen atoms in total. The number of ether oxygens (including phenoxy) is 2. The summed E-state index contributed by atoms with van der Waals surface area (Å²) in [6.45, 7) is 5.20. The predicted molar refractivity (Wildman–Crippen MR) is 73.7 cm³/mol. The molecule has 0 aromatic carbocycles. The highest BCUT2D eigenvalue weighted by molar-refractivity contribution is 7.10. The SMILES string of the molecule is COC(=O)C(Cc1cccs1)=NC(=O)OC(C)(C)C. The van der Waals surface area contributed by atoms with E-state index in [1.165, 1.54) is 18.4 Å². The number of rotatable bonds is 3. The Morgan fingerprint density at radius 1 is 1.37 bits per heavy atom. The Morgan fingerprint density at radius 3 is 2.53 bits per heavy atom. The Balaban J connectivity index is 2.84. The Labute approximate surface area is 116 Å². The summed E-state index contributed by atoms with van der Waals surface area (Å²) in [6, 6.07) is 3.72. The highest BCUT2D eigenvalue weighted by atomic mass is 32.1. The number of carbonyl (C=O) groups excluding carboxylic acids is 2. The van der Waals surface area contributed by atoms with Gasteiger partial charge in [-0.05, 0) is 32.2 Å². The Hall–Kier alpha value is -1.69. The van der Waals surface area contributed by atoms with E-state index in [9.17, 15) is 9.59 Å². The van der Waals surface area contributed by atoms with Gasteiger partial charge in [0.25, 0.3) is 0 Å². The molecule has 1 aromatic rings. The van der Waals surface area contributed by atoms with Gasteiger partial charge in [0.2, 0.25) is 0 Å². The van der Waals surface area contributed by atoms with Crippen LogP contribution in [0.15, 0.2) is 22.5 Å². The fourth-order valence-corrected chi connectivity index (χ4v) is 1.96. The van der Waals surface area contributed by atoms with Gasteiger partial charge in [-0.25, -0.2) is 9.59 Å². The van der Waals surface area contributed by atoms with Crippen molar-refractivity contribution in [3.63, 3.8) is 0 Å². The number of thiophene rings is 1. The second kappa shape index (κ2) is 6.47. The van der Waals surface area contributed by atoms with Crippen LogP contribution >= 0.6 is 11.3 Å². The quantitative estimate of drug-likeness (QED) is 0.632. The van der Waals surface area contributed by atoms with Crippen molar-refractivity contribution >= 4 is 29.1 Å². The molecule has 0 unspecified atom stereocenters. The average Bonchev–Trinajstić information content (AvgIpc) is 2.77. The van der Waals surface area contributed by atoms with E-state index in [2.05, 4.69) is 9.73 Å². The van der Waals surface area contributed by atoms with Gasteiger partial charge in [-0.2, -0.15) is 4.99 Å². The van der Waals surface area contributed by atoms with Crippen LogP contribution in [0.3, 0.4) is 0 Å². The lowest BCUT2D eigenvalue weighted by molar-refractivity contribution is -0.132. The Kier molecular flexibility index (Phi) is 5.23. The van der Waals surface area contributed by atoms with Crippen LogP contribution in [0.2, 0.25) is 0 Å². The van der Waals surface area contributed by atoms with Gasteiger partial charge in [0.15, 0.2) is 0 Å². The Morgan fingerprint density at radius 2 is 2.05 bits per heavy atom. The average molecular weight is 283 g/mol. The van der Waals surface area contributed by atoms with Crippen LogP contribution in [-0.4, -0.2) is 30.5 Å². The number of nitrogens with zero attached hydrogens (tertiary/aromatic N) is 1. The summed E-state index contributed by atoms with van der Waals surface area (Å²) in [5.41, 5.74) is -0.607. The molecule has 0 aliphatic rings. The predicted octanol–water partition coefficient (Wildman–Crippen LogP) is 2.84. The number of aliphatic imine (C=N–C) groups is 1. The minimum absolute atomic E-state index is 0.0409. The molecule has 19 heavy (non-hydrogen) atoms. The fraction of sp³-hybridized carbons (Fsp3) is 0.462. The van der Waals surface area contributed by atoms with Gasteiger partial charge in [-0.3, -0.25) is 0 Å². The minimum atomic E-state index is -0.788. The van der Waals surface area contributed by atoms with Crippen LogP contribution in [0, 0.1) is 0 Å². The molecular weight excluding hydrogens is 266 g/mol. The van der Waals surface area contributed by atoms with Gasteiger partial charge in [-0.15, -0.1) is 11.3 Å². The lowest BCUT2D eigenvalue weighted by Crippen LogP contribution is -2.25. The van der Waals surface area contributed by atoms with Gasteiger partial charge < -0.3 is 9.47 Å². The zero-order valence-electron chi connectivity index (χ0n) is 11.4. The zero-order chi connectivity index (χ0) is 14.5. The van der Waals surface area contributed by atoms with E-state index in [0.717, 1.165) is 4.88 Å². The summed E-state index contributed by atoms with van der Waals surface area (Å²) in [5, 5.41) is 1.89.